The third-order valence-corrected chi connectivity index (χ3v) is 4.26. The lowest BCUT2D eigenvalue weighted by molar-refractivity contribution is 0.0122. The van der Waals surface area contributed by atoms with Gasteiger partial charge in [0.1, 0.15) is 5.60 Å². The van der Waals surface area contributed by atoms with Crippen molar-refractivity contribution in [3.63, 3.8) is 0 Å². The topological polar surface area (TPSA) is 41.6 Å². The third-order valence-electron chi connectivity index (χ3n) is 4.26. The maximum Gasteiger partial charge on any atom is 0.410 e. The number of rotatable bonds is 2. The number of nitrogens with one attached hydrogen (secondary N) is 1. The molecule has 0 aliphatic carbocycles. The molecule has 1 aliphatic heterocycles. The van der Waals surface area contributed by atoms with Crippen molar-refractivity contribution in [2.45, 2.75) is 38.8 Å². The SMILES string of the molecule is CC(C)(C)OC(=O)N1CCNCC1Cc1ccc2ccccc2c1. The average molecular weight is 326 g/mol. The van der Waals surface area contributed by atoms with Crippen LogP contribution in [0.2, 0.25) is 0 Å². The molecule has 1 aliphatic rings. The van der Waals surface area contributed by atoms with Crippen LogP contribution in [0.4, 0.5) is 4.79 Å². The number of piperazine rings is 1. The second-order valence-electron chi connectivity index (χ2n) is 7.42. The maximum atomic E-state index is 12.5. The second kappa shape index (κ2) is 6.81. The number of carbonyl (C=O) groups is 1. The highest BCUT2D eigenvalue weighted by Crippen LogP contribution is 2.20. The van der Waals surface area contributed by atoms with Crippen molar-refractivity contribution in [1.82, 2.24) is 10.2 Å². The highest BCUT2D eigenvalue weighted by Gasteiger charge is 2.30. The minimum Gasteiger partial charge on any atom is -0.444 e. The van der Waals surface area contributed by atoms with E-state index in [0.717, 1.165) is 19.5 Å². The minimum absolute atomic E-state index is 0.120. The van der Waals surface area contributed by atoms with Gasteiger partial charge >= 0.3 is 6.09 Å². The summed E-state index contributed by atoms with van der Waals surface area (Å²) in [5.74, 6) is 0. The van der Waals surface area contributed by atoms with E-state index < -0.39 is 5.60 Å². The molecule has 1 saturated heterocycles. The normalized spacial score (nSPS) is 18.6. The van der Waals surface area contributed by atoms with Crippen LogP contribution >= 0.6 is 0 Å². The number of amides is 1. The quantitative estimate of drug-likeness (QED) is 0.917. The molecule has 2 aromatic rings. The van der Waals surface area contributed by atoms with Crippen molar-refractivity contribution in [3.05, 3.63) is 48.0 Å². The van der Waals surface area contributed by atoms with Crippen LogP contribution in [0.1, 0.15) is 26.3 Å². The summed E-state index contributed by atoms with van der Waals surface area (Å²) in [5, 5.41) is 5.87. The smallest absolute Gasteiger partial charge is 0.410 e. The summed E-state index contributed by atoms with van der Waals surface area (Å²) >= 11 is 0. The van der Waals surface area contributed by atoms with E-state index in [1.54, 1.807) is 0 Å². The Morgan fingerprint density at radius 3 is 2.71 bits per heavy atom. The lowest BCUT2D eigenvalue weighted by Gasteiger charge is -2.37. The van der Waals surface area contributed by atoms with Gasteiger partial charge in [-0.05, 0) is 43.5 Å². The third kappa shape index (κ3) is 4.06. The van der Waals surface area contributed by atoms with Crippen LogP contribution in [0, 0.1) is 0 Å². The summed E-state index contributed by atoms with van der Waals surface area (Å²) in [4.78, 5) is 14.4. The van der Waals surface area contributed by atoms with Gasteiger partial charge in [0.2, 0.25) is 0 Å². The van der Waals surface area contributed by atoms with E-state index >= 15 is 0 Å². The predicted molar refractivity (Wildman–Crippen MR) is 97.2 cm³/mol. The molecule has 0 aromatic heterocycles. The van der Waals surface area contributed by atoms with Gasteiger partial charge in [-0.25, -0.2) is 4.79 Å². The van der Waals surface area contributed by atoms with Crippen LogP contribution in [0.5, 0.6) is 0 Å². The van der Waals surface area contributed by atoms with Gasteiger partial charge in [0, 0.05) is 19.6 Å². The zero-order valence-corrected chi connectivity index (χ0v) is 14.7. The molecule has 2 aromatic carbocycles. The standard InChI is InChI=1S/C20H26N2O2/c1-20(2,3)24-19(23)22-11-10-21-14-18(22)13-15-8-9-16-6-4-5-7-17(16)12-15/h4-9,12,18,21H,10-11,13-14H2,1-3H3. The number of ether oxygens (including phenoxy) is 1. The summed E-state index contributed by atoms with van der Waals surface area (Å²) < 4.78 is 5.57. The molecule has 1 heterocycles. The number of benzene rings is 2. The number of fused-ring (bicyclic) bond motifs is 1. The van der Waals surface area contributed by atoms with E-state index in [-0.39, 0.29) is 12.1 Å². The first-order valence-electron chi connectivity index (χ1n) is 8.60. The Kier molecular flexibility index (Phi) is 4.76. The Morgan fingerprint density at radius 1 is 1.21 bits per heavy atom. The van der Waals surface area contributed by atoms with Gasteiger partial charge in [0.05, 0.1) is 6.04 Å². The lowest BCUT2D eigenvalue weighted by atomic mass is 10.00. The molecule has 1 atom stereocenters. The Balaban J connectivity index is 1.76. The molecule has 4 nitrogen and oxygen atoms in total. The molecule has 0 bridgehead atoms. The highest BCUT2D eigenvalue weighted by molar-refractivity contribution is 5.83. The number of nitrogens with zero attached hydrogens (tertiary/aromatic N) is 1. The first kappa shape index (κ1) is 16.8. The molecule has 1 N–H and O–H groups in total. The van der Waals surface area contributed by atoms with E-state index in [9.17, 15) is 4.79 Å². The lowest BCUT2D eigenvalue weighted by Crippen LogP contribution is -2.55. The van der Waals surface area contributed by atoms with Crippen LogP contribution in [0.15, 0.2) is 42.5 Å². The molecule has 24 heavy (non-hydrogen) atoms. The maximum absolute atomic E-state index is 12.5. The molecule has 0 radical (unpaired) electrons. The Labute approximate surface area is 143 Å². The Hall–Kier alpha value is -2.07. The molecule has 0 spiro atoms. The molecule has 1 amide bonds. The van der Waals surface area contributed by atoms with Crippen molar-refractivity contribution in [3.8, 4) is 0 Å². The van der Waals surface area contributed by atoms with Crippen molar-refractivity contribution in [1.29, 1.82) is 0 Å². The highest BCUT2D eigenvalue weighted by atomic mass is 16.6. The molecule has 0 saturated carbocycles. The molecular formula is C20H26N2O2. The first-order valence-corrected chi connectivity index (χ1v) is 8.60. The van der Waals surface area contributed by atoms with Crippen LogP contribution in [0.25, 0.3) is 10.8 Å². The number of hydrogen-bond acceptors (Lipinski definition) is 3. The fourth-order valence-electron chi connectivity index (χ4n) is 3.14. The van der Waals surface area contributed by atoms with Crippen molar-refractivity contribution in [2.24, 2.45) is 0 Å². The van der Waals surface area contributed by atoms with E-state index in [0.29, 0.717) is 6.54 Å². The molecule has 1 unspecified atom stereocenters. The van der Waals surface area contributed by atoms with Crippen molar-refractivity contribution in [2.75, 3.05) is 19.6 Å². The second-order valence-corrected chi connectivity index (χ2v) is 7.42. The van der Waals surface area contributed by atoms with E-state index in [1.807, 2.05) is 25.7 Å². The average Bonchev–Trinajstić information content (AvgIpc) is 2.53. The van der Waals surface area contributed by atoms with Gasteiger partial charge < -0.3 is 15.0 Å². The zero-order valence-electron chi connectivity index (χ0n) is 14.7. The predicted octanol–water partition coefficient (Wildman–Crippen LogP) is 3.59. The summed E-state index contributed by atoms with van der Waals surface area (Å²) in [6, 6.07) is 15.0. The van der Waals surface area contributed by atoms with Gasteiger partial charge in [-0.15, -0.1) is 0 Å². The first-order chi connectivity index (χ1) is 11.4. The van der Waals surface area contributed by atoms with E-state index in [1.165, 1.54) is 16.3 Å². The van der Waals surface area contributed by atoms with Crippen molar-refractivity contribution < 1.29 is 9.53 Å². The fraction of sp³-hybridized carbons (Fsp3) is 0.450. The van der Waals surface area contributed by atoms with E-state index in [4.69, 9.17) is 4.74 Å². The molecule has 128 valence electrons. The Morgan fingerprint density at radius 2 is 1.96 bits per heavy atom. The zero-order chi connectivity index (χ0) is 17.2. The van der Waals surface area contributed by atoms with Gasteiger partial charge in [0.15, 0.2) is 0 Å². The Bertz CT molecular complexity index is 721. The largest absolute Gasteiger partial charge is 0.444 e. The van der Waals surface area contributed by atoms with Gasteiger partial charge in [0.25, 0.3) is 0 Å². The fourth-order valence-corrected chi connectivity index (χ4v) is 3.14. The molecule has 1 fully saturated rings. The summed E-state index contributed by atoms with van der Waals surface area (Å²) in [7, 11) is 0. The van der Waals surface area contributed by atoms with Crippen molar-refractivity contribution >= 4 is 16.9 Å². The van der Waals surface area contributed by atoms with E-state index in [2.05, 4.69) is 47.8 Å². The van der Waals surface area contributed by atoms with Crippen LogP contribution in [-0.4, -0.2) is 42.3 Å². The van der Waals surface area contributed by atoms with Gasteiger partial charge in [-0.1, -0.05) is 42.5 Å². The number of hydrogen-bond donors (Lipinski definition) is 1. The molecule has 3 rings (SSSR count). The minimum atomic E-state index is -0.463. The molecular weight excluding hydrogens is 300 g/mol. The summed E-state index contributed by atoms with van der Waals surface area (Å²) in [6.07, 6.45) is 0.617. The summed E-state index contributed by atoms with van der Waals surface area (Å²) in [5.41, 5.74) is 0.783. The van der Waals surface area contributed by atoms with Crippen LogP contribution < -0.4 is 5.32 Å². The van der Waals surface area contributed by atoms with Crippen LogP contribution in [-0.2, 0) is 11.2 Å². The monoisotopic (exact) mass is 326 g/mol. The summed E-state index contributed by atoms with van der Waals surface area (Å²) in [6.45, 7) is 8.02. The number of carbonyl (C=O) groups excluding carboxylic acids is 1. The van der Waals surface area contributed by atoms with Gasteiger partial charge in [-0.2, -0.15) is 0 Å². The van der Waals surface area contributed by atoms with Crippen LogP contribution in [0.3, 0.4) is 0 Å². The molecule has 4 heteroatoms. The van der Waals surface area contributed by atoms with Gasteiger partial charge in [-0.3, -0.25) is 0 Å².